The Morgan fingerprint density at radius 3 is 2.06 bits per heavy atom. The van der Waals surface area contributed by atoms with Gasteiger partial charge in [0.15, 0.2) is 0 Å². The van der Waals surface area contributed by atoms with Gasteiger partial charge in [-0.05, 0) is 54.3 Å². The van der Waals surface area contributed by atoms with E-state index in [9.17, 15) is 0 Å². The summed E-state index contributed by atoms with van der Waals surface area (Å²) < 4.78 is 0. The third-order valence-electron chi connectivity index (χ3n) is 3.38. The second-order valence-corrected chi connectivity index (χ2v) is 6.28. The van der Waals surface area contributed by atoms with Gasteiger partial charge in [0.05, 0.1) is 0 Å². The molecule has 0 saturated carbocycles. The molecule has 0 amide bonds. The summed E-state index contributed by atoms with van der Waals surface area (Å²) in [5.41, 5.74) is 10.3. The molecule has 2 N–H and O–H groups in total. The molecule has 0 bridgehead atoms. The lowest BCUT2D eigenvalue weighted by molar-refractivity contribution is 0.587. The van der Waals surface area contributed by atoms with Gasteiger partial charge in [0.1, 0.15) is 0 Å². The summed E-state index contributed by atoms with van der Waals surface area (Å²) in [6.45, 7) is 9.93. The number of nitrogens with two attached hydrogens (primary N) is 1. The third kappa shape index (κ3) is 4.81. The quantitative estimate of drug-likeness (QED) is 0.748. The van der Waals surface area contributed by atoms with Gasteiger partial charge in [0.25, 0.3) is 0 Å². The first-order valence-corrected chi connectivity index (χ1v) is 7.30. The van der Waals surface area contributed by atoms with Crippen LogP contribution in [0.4, 0.5) is 0 Å². The van der Waals surface area contributed by atoms with Gasteiger partial charge in [-0.3, -0.25) is 0 Å². The Kier molecular flexibility index (Phi) is 5.87. The molecule has 0 aliphatic rings. The van der Waals surface area contributed by atoms with E-state index < -0.39 is 0 Å². The zero-order valence-corrected chi connectivity index (χ0v) is 12.6. The molecule has 102 valence electrons. The maximum Gasteiger partial charge on any atom is -0.00772 e. The molecule has 0 aliphatic heterocycles. The largest absolute Gasteiger partial charge is 0.330 e. The van der Waals surface area contributed by atoms with Crippen molar-refractivity contribution in [1.82, 2.24) is 0 Å². The van der Waals surface area contributed by atoms with Crippen LogP contribution in [0.3, 0.4) is 0 Å². The number of aryl methyl sites for hydroxylation is 2. The SMILES string of the molecule is CCCc1cc(CCCCN)cc(C(C)(C)C)c1. The molecule has 0 atom stereocenters. The van der Waals surface area contributed by atoms with Crippen LogP contribution in [0.2, 0.25) is 0 Å². The van der Waals surface area contributed by atoms with Gasteiger partial charge < -0.3 is 5.73 Å². The molecule has 18 heavy (non-hydrogen) atoms. The van der Waals surface area contributed by atoms with Crippen molar-refractivity contribution in [2.75, 3.05) is 6.54 Å². The molecule has 1 rings (SSSR count). The van der Waals surface area contributed by atoms with Crippen LogP contribution >= 0.6 is 0 Å². The highest BCUT2D eigenvalue weighted by atomic mass is 14.5. The molecule has 0 spiro atoms. The van der Waals surface area contributed by atoms with Gasteiger partial charge in [-0.15, -0.1) is 0 Å². The fraction of sp³-hybridized carbons (Fsp3) is 0.647. The highest BCUT2D eigenvalue weighted by Crippen LogP contribution is 2.25. The average Bonchev–Trinajstić information content (AvgIpc) is 2.28. The summed E-state index contributed by atoms with van der Waals surface area (Å²) in [4.78, 5) is 0. The smallest absolute Gasteiger partial charge is 0.00772 e. The van der Waals surface area contributed by atoms with E-state index in [1.165, 1.54) is 36.0 Å². The van der Waals surface area contributed by atoms with Crippen LogP contribution in [0.5, 0.6) is 0 Å². The van der Waals surface area contributed by atoms with Crippen molar-refractivity contribution in [1.29, 1.82) is 0 Å². The van der Waals surface area contributed by atoms with Gasteiger partial charge >= 0.3 is 0 Å². The molecular weight excluding hydrogens is 218 g/mol. The Balaban J connectivity index is 2.91. The number of benzene rings is 1. The maximum absolute atomic E-state index is 5.57. The second-order valence-electron chi connectivity index (χ2n) is 6.28. The maximum atomic E-state index is 5.57. The molecular formula is C17H29N. The van der Waals surface area contributed by atoms with Crippen molar-refractivity contribution in [2.45, 2.75) is 65.2 Å². The molecule has 0 saturated heterocycles. The lowest BCUT2D eigenvalue weighted by Crippen LogP contribution is -2.12. The monoisotopic (exact) mass is 247 g/mol. The van der Waals surface area contributed by atoms with Gasteiger partial charge in [0.2, 0.25) is 0 Å². The Labute approximate surface area is 113 Å². The first-order chi connectivity index (χ1) is 8.47. The van der Waals surface area contributed by atoms with Crippen molar-refractivity contribution in [3.8, 4) is 0 Å². The number of hydrogen-bond donors (Lipinski definition) is 1. The van der Waals surface area contributed by atoms with Crippen LogP contribution in [-0.2, 0) is 18.3 Å². The predicted octanol–water partition coefficient (Wildman–Crippen LogP) is 4.22. The van der Waals surface area contributed by atoms with Crippen LogP contribution in [0, 0.1) is 0 Å². The van der Waals surface area contributed by atoms with Gasteiger partial charge in [0, 0.05) is 0 Å². The van der Waals surface area contributed by atoms with Crippen LogP contribution in [0.15, 0.2) is 18.2 Å². The highest BCUT2D eigenvalue weighted by molar-refractivity contribution is 5.34. The Hall–Kier alpha value is -0.820. The van der Waals surface area contributed by atoms with E-state index >= 15 is 0 Å². The normalized spacial score (nSPS) is 11.8. The minimum Gasteiger partial charge on any atom is -0.330 e. The Bertz CT molecular complexity index is 360. The summed E-state index contributed by atoms with van der Waals surface area (Å²) in [7, 11) is 0. The third-order valence-corrected chi connectivity index (χ3v) is 3.38. The molecule has 0 aromatic heterocycles. The van der Waals surface area contributed by atoms with E-state index in [-0.39, 0.29) is 5.41 Å². The summed E-state index contributed by atoms with van der Waals surface area (Å²) >= 11 is 0. The molecule has 0 radical (unpaired) electrons. The molecule has 0 heterocycles. The second kappa shape index (κ2) is 6.94. The summed E-state index contributed by atoms with van der Waals surface area (Å²) in [6, 6.07) is 7.15. The summed E-state index contributed by atoms with van der Waals surface area (Å²) in [5, 5.41) is 0. The molecule has 1 nitrogen and oxygen atoms in total. The topological polar surface area (TPSA) is 26.0 Å². The van der Waals surface area contributed by atoms with Gasteiger partial charge in [-0.1, -0.05) is 52.3 Å². The van der Waals surface area contributed by atoms with Crippen molar-refractivity contribution in [3.63, 3.8) is 0 Å². The minimum atomic E-state index is 0.242. The van der Waals surface area contributed by atoms with Crippen LogP contribution in [-0.4, -0.2) is 6.54 Å². The fourth-order valence-electron chi connectivity index (χ4n) is 2.25. The predicted molar refractivity (Wildman–Crippen MR) is 81.1 cm³/mol. The van der Waals surface area contributed by atoms with E-state index in [1.807, 2.05) is 0 Å². The van der Waals surface area contributed by atoms with Crippen molar-refractivity contribution in [3.05, 3.63) is 34.9 Å². The molecule has 1 aromatic carbocycles. The molecule has 1 heteroatoms. The van der Waals surface area contributed by atoms with Crippen LogP contribution in [0.25, 0.3) is 0 Å². The zero-order valence-electron chi connectivity index (χ0n) is 12.6. The molecule has 0 fully saturated rings. The van der Waals surface area contributed by atoms with E-state index in [0.29, 0.717) is 0 Å². The standard InChI is InChI=1S/C17H29N/c1-5-8-14-11-15(9-6-7-10-18)13-16(12-14)17(2,3)4/h11-13H,5-10,18H2,1-4H3. The fourth-order valence-corrected chi connectivity index (χ4v) is 2.25. The van der Waals surface area contributed by atoms with Gasteiger partial charge in [-0.2, -0.15) is 0 Å². The van der Waals surface area contributed by atoms with E-state index in [2.05, 4.69) is 45.9 Å². The van der Waals surface area contributed by atoms with E-state index in [0.717, 1.165) is 19.4 Å². The molecule has 0 aliphatic carbocycles. The van der Waals surface area contributed by atoms with Crippen molar-refractivity contribution >= 4 is 0 Å². The van der Waals surface area contributed by atoms with Crippen LogP contribution < -0.4 is 5.73 Å². The minimum absolute atomic E-state index is 0.242. The molecule has 0 unspecified atom stereocenters. The lowest BCUT2D eigenvalue weighted by atomic mass is 9.84. The van der Waals surface area contributed by atoms with Crippen LogP contribution in [0.1, 0.15) is 63.6 Å². The molecule has 1 aromatic rings. The first kappa shape index (κ1) is 15.2. The van der Waals surface area contributed by atoms with Crippen molar-refractivity contribution < 1.29 is 0 Å². The Morgan fingerprint density at radius 2 is 1.56 bits per heavy atom. The van der Waals surface area contributed by atoms with Crippen molar-refractivity contribution in [2.24, 2.45) is 5.73 Å². The lowest BCUT2D eigenvalue weighted by Gasteiger charge is -2.21. The van der Waals surface area contributed by atoms with Gasteiger partial charge in [-0.25, -0.2) is 0 Å². The highest BCUT2D eigenvalue weighted by Gasteiger charge is 2.15. The first-order valence-electron chi connectivity index (χ1n) is 7.30. The zero-order chi connectivity index (χ0) is 13.6. The van der Waals surface area contributed by atoms with E-state index in [1.54, 1.807) is 0 Å². The number of hydrogen-bond acceptors (Lipinski definition) is 1. The Morgan fingerprint density at radius 1 is 0.944 bits per heavy atom. The number of rotatable bonds is 6. The average molecular weight is 247 g/mol. The summed E-state index contributed by atoms with van der Waals surface area (Å²) in [6.07, 6.45) is 5.90. The van der Waals surface area contributed by atoms with E-state index in [4.69, 9.17) is 5.73 Å². The summed E-state index contributed by atoms with van der Waals surface area (Å²) in [5.74, 6) is 0. The number of unbranched alkanes of at least 4 members (excludes halogenated alkanes) is 1.